The van der Waals surface area contributed by atoms with Crippen LogP contribution in [0.25, 0.3) is 11.0 Å². The molecule has 4 unspecified atom stereocenters. The van der Waals surface area contributed by atoms with Crippen molar-refractivity contribution in [3.63, 3.8) is 0 Å². The smallest absolute Gasteiger partial charge is 0.351 e. The van der Waals surface area contributed by atoms with E-state index < -0.39 is 47.9 Å². The number of esters is 3. The van der Waals surface area contributed by atoms with Crippen molar-refractivity contribution < 1.29 is 63.3 Å². The van der Waals surface area contributed by atoms with E-state index in [9.17, 15) is 49.5 Å². The molecule has 274 valence electrons. The minimum absolute atomic E-state index is 0.130. The highest BCUT2D eigenvalue weighted by Gasteiger charge is 2.36. The van der Waals surface area contributed by atoms with E-state index in [-0.39, 0.29) is 28.9 Å². The lowest BCUT2D eigenvalue weighted by Gasteiger charge is -2.40. The van der Waals surface area contributed by atoms with Gasteiger partial charge in [0.2, 0.25) is 0 Å². The van der Waals surface area contributed by atoms with Crippen molar-refractivity contribution in [3.8, 4) is 5.75 Å². The maximum atomic E-state index is 12.1. The van der Waals surface area contributed by atoms with E-state index in [1.165, 1.54) is 33.5 Å². The van der Waals surface area contributed by atoms with Gasteiger partial charge in [-0.15, -0.1) is 0 Å². The number of phenols is 1. The van der Waals surface area contributed by atoms with Crippen molar-refractivity contribution in [1.82, 2.24) is 0 Å². The first-order valence-corrected chi connectivity index (χ1v) is 16.3. The number of nitrogens with zero attached hydrogens (tertiary/aromatic N) is 2. The van der Waals surface area contributed by atoms with E-state index in [2.05, 4.69) is 24.0 Å². The second-order valence-corrected chi connectivity index (χ2v) is 12.4. The van der Waals surface area contributed by atoms with Crippen molar-refractivity contribution in [1.29, 1.82) is 0 Å². The van der Waals surface area contributed by atoms with E-state index in [0.717, 1.165) is 5.69 Å². The van der Waals surface area contributed by atoms with Gasteiger partial charge in [0.05, 0.1) is 62.7 Å². The van der Waals surface area contributed by atoms with Crippen LogP contribution in [-0.4, -0.2) is 97.2 Å². The molecule has 2 aromatic carbocycles. The molecule has 5 heterocycles. The number of hydrogen-bond acceptors (Lipinski definition) is 16. The Morgan fingerprint density at radius 3 is 1.76 bits per heavy atom. The van der Waals surface area contributed by atoms with Gasteiger partial charge >= 0.3 is 23.5 Å². The number of carbonyl (C=O) groups is 4. The predicted molar refractivity (Wildman–Crippen MR) is 179 cm³/mol. The van der Waals surface area contributed by atoms with Crippen LogP contribution < -0.4 is 15.4 Å². The summed E-state index contributed by atoms with van der Waals surface area (Å²) in [4.78, 5) is 59.5. The van der Waals surface area contributed by atoms with E-state index >= 15 is 0 Å². The van der Waals surface area contributed by atoms with Gasteiger partial charge in [-0.3, -0.25) is 14.4 Å². The second-order valence-electron chi connectivity index (χ2n) is 12.4. The first kappa shape index (κ1) is 37.2. The first-order chi connectivity index (χ1) is 24.3. The fraction of sp³-hybridized carbons (Fsp3) is 0.457. The van der Waals surface area contributed by atoms with Crippen LogP contribution in [0.2, 0.25) is 0 Å². The molecule has 0 aliphatic carbocycles. The fourth-order valence-electron chi connectivity index (χ4n) is 6.86. The molecular formula is C35H40N2O14. The SMILES string of the molecule is COC(=O)CC(=O)OC.COC(=O)c1cc2cc3c4c(c2oc1=O)C(O)CCN4CCC3O.O=Cc1cc2c3c(c1O)C(O)CCN3CCC2O. The Bertz CT molecular complexity index is 1890. The Morgan fingerprint density at radius 1 is 0.765 bits per heavy atom. The lowest BCUT2D eigenvalue weighted by molar-refractivity contribution is -0.151. The van der Waals surface area contributed by atoms with E-state index in [0.29, 0.717) is 91.5 Å². The summed E-state index contributed by atoms with van der Waals surface area (Å²) in [6.45, 7) is 2.77. The normalized spacial score (nSPS) is 21.1. The molecule has 0 spiro atoms. The number of carbonyl (C=O) groups excluding carboxylic acids is 4. The number of benzene rings is 2. The summed E-state index contributed by atoms with van der Waals surface area (Å²) in [7, 11) is 3.62. The Balaban J connectivity index is 0.000000165. The standard InChI is InChI=1S/C17H17NO6.C13H15NO4.C5H8O4/c1-23-16(21)10-7-8-6-9-11(19)2-4-18-5-3-12(20)13(14(9)18)15(8)24-17(10)22;15-6-7-5-8-9(16)1-3-14-4-2-10(17)11(12(8)14)13(7)18;1-8-4(6)3-5(7)9-2/h6-7,11-12,19-20H,2-5H2,1H3;5-6,9-10,16-18H,1-4H2;3H2,1-2H3. The van der Waals surface area contributed by atoms with Crippen LogP contribution in [0.4, 0.5) is 11.4 Å². The molecule has 5 N–H and O–H groups in total. The number of methoxy groups -OCH3 is 3. The fourth-order valence-corrected chi connectivity index (χ4v) is 6.86. The van der Waals surface area contributed by atoms with Crippen molar-refractivity contribution >= 4 is 46.5 Å². The summed E-state index contributed by atoms with van der Waals surface area (Å²) in [5, 5.41) is 51.4. The maximum absolute atomic E-state index is 12.1. The van der Waals surface area contributed by atoms with Gasteiger partial charge in [0.1, 0.15) is 23.3 Å². The van der Waals surface area contributed by atoms with Gasteiger partial charge in [0.25, 0.3) is 0 Å². The number of hydrogen-bond donors (Lipinski definition) is 5. The van der Waals surface area contributed by atoms with Gasteiger partial charge in [0.15, 0.2) is 6.29 Å². The number of fused-ring (bicyclic) bond motifs is 2. The van der Waals surface area contributed by atoms with Crippen LogP contribution in [0.3, 0.4) is 0 Å². The van der Waals surface area contributed by atoms with Crippen molar-refractivity contribution in [2.45, 2.75) is 56.5 Å². The topological polar surface area (TPSA) is 234 Å². The van der Waals surface area contributed by atoms with Crippen LogP contribution in [-0.2, 0) is 23.8 Å². The molecule has 0 saturated carbocycles. The molecule has 3 aromatic rings. The minimum atomic E-state index is -0.800. The highest BCUT2D eigenvalue weighted by atomic mass is 16.5. The maximum Gasteiger partial charge on any atom is 0.351 e. The zero-order valence-electron chi connectivity index (χ0n) is 28.3. The summed E-state index contributed by atoms with van der Waals surface area (Å²) < 4.78 is 18.3. The highest BCUT2D eigenvalue weighted by molar-refractivity contribution is 5.96. The summed E-state index contributed by atoms with van der Waals surface area (Å²) in [6, 6.07) is 4.64. The second kappa shape index (κ2) is 15.5. The number of ether oxygens (including phenoxy) is 3. The van der Waals surface area contributed by atoms with E-state index in [4.69, 9.17) is 4.42 Å². The zero-order chi connectivity index (χ0) is 37.1. The Hall–Kier alpha value is -5.03. The average molecular weight is 713 g/mol. The lowest BCUT2D eigenvalue weighted by atomic mass is 9.86. The molecule has 4 aliphatic rings. The Kier molecular flexibility index (Phi) is 11.3. The first-order valence-electron chi connectivity index (χ1n) is 16.3. The van der Waals surface area contributed by atoms with Crippen molar-refractivity contribution in [2.75, 3.05) is 57.3 Å². The van der Waals surface area contributed by atoms with Crippen LogP contribution in [0.1, 0.15) is 99.5 Å². The number of aliphatic hydroxyl groups excluding tert-OH is 4. The highest BCUT2D eigenvalue weighted by Crippen LogP contribution is 2.48. The number of aliphatic hydroxyl groups is 4. The third kappa shape index (κ3) is 7.26. The quantitative estimate of drug-likeness (QED) is 0.0854. The molecule has 7 rings (SSSR count). The number of aldehydes is 1. The van der Waals surface area contributed by atoms with Gasteiger partial charge in [-0.2, -0.15) is 0 Å². The molecule has 0 radical (unpaired) electrons. The molecular weight excluding hydrogens is 672 g/mol. The molecule has 16 heteroatoms. The molecule has 0 saturated heterocycles. The third-order valence-corrected chi connectivity index (χ3v) is 9.41. The lowest BCUT2D eigenvalue weighted by Crippen LogP contribution is -2.37. The molecule has 0 amide bonds. The van der Waals surface area contributed by atoms with Crippen LogP contribution in [0, 0.1) is 0 Å². The van der Waals surface area contributed by atoms with Gasteiger partial charge in [0, 0.05) is 53.8 Å². The molecule has 51 heavy (non-hydrogen) atoms. The largest absolute Gasteiger partial charge is 0.507 e. The number of phenolic OH excluding ortho intramolecular Hbond substituents is 1. The van der Waals surface area contributed by atoms with Crippen LogP contribution >= 0.6 is 0 Å². The molecule has 4 aliphatic heterocycles. The Labute approximate surface area is 291 Å². The monoisotopic (exact) mass is 712 g/mol. The minimum Gasteiger partial charge on any atom is -0.507 e. The third-order valence-electron chi connectivity index (χ3n) is 9.41. The van der Waals surface area contributed by atoms with Gasteiger partial charge in [-0.25, -0.2) is 9.59 Å². The average Bonchev–Trinajstić information content (AvgIpc) is 3.13. The molecule has 4 atom stereocenters. The molecule has 1 aromatic heterocycles. The molecule has 0 fully saturated rings. The predicted octanol–water partition coefficient (Wildman–Crippen LogP) is 1.87. The van der Waals surface area contributed by atoms with Gasteiger partial charge < -0.3 is 54.0 Å². The summed E-state index contributed by atoms with van der Waals surface area (Å²) in [5.41, 5.74) is 3.06. The number of rotatable bonds is 4. The van der Waals surface area contributed by atoms with E-state index in [1.54, 1.807) is 6.07 Å². The summed E-state index contributed by atoms with van der Waals surface area (Å²) >= 11 is 0. The van der Waals surface area contributed by atoms with Gasteiger partial charge in [-0.05, 0) is 43.9 Å². The van der Waals surface area contributed by atoms with Gasteiger partial charge in [-0.1, -0.05) is 0 Å². The summed E-state index contributed by atoms with van der Waals surface area (Å²) in [5.74, 6) is -2.10. The zero-order valence-corrected chi connectivity index (χ0v) is 28.3. The summed E-state index contributed by atoms with van der Waals surface area (Å²) in [6.07, 6.45) is -0.372. The van der Waals surface area contributed by atoms with Crippen LogP contribution in [0.5, 0.6) is 5.75 Å². The van der Waals surface area contributed by atoms with Crippen molar-refractivity contribution in [3.05, 3.63) is 62.0 Å². The van der Waals surface area contributed by atoms with Crippen molar-refractivity contribution in [2.24, 2.45) is 0 Å². The number of anilines is 2. The number of aromatic hydroxyl groups is 1. The van der Waals surface area contributed by atoms with E-state index in [1.807, 2.05) is 0 Å². The van der Waals surface area contributed by atoms with Crippen LogP contribution in [0.15, 0.2) is 27.4 Å². The molecule has 0 bridgehead atoms. The Morgan fingerprint density at radius 2 is 1.25 bits per heavy atom. The molecule has 16 nitrogen and oxygen atoms in total.